The Morgan fingerprint density at radius 1 is 1.56 bits per heavy atom. The minimum Gasteiger partial charge on any atom is -0.396 e. The van der Waals surface area contributed by atoms with E-state index >= 15 is 0 Å². The van der Waals surface area contributed by atoms with Crippen molar-refractivity contribution in [3.8, 4) is 0 Å². The zero-order valence-corrected chi connectivity index (χ0v) is 10.4. The molecule has 0 aliphatic rings. The monoisotopic (exact) mass is 262 g/mol. The third-order valence-corrected chi connectivity index (χ3v) is 3.16. The topological polar surface area (TPSA) is 65.1 Å². The van der Waals surface area contributed by atoms with Crippen LogP contribution < -0.4 is 5.32 Å². The minimum absolute atomic E-state index is 0.144. The molecule has 4 nitrogen and oxygen atoms in total. The molecule has 1 amide bonds. The van der Waals surface area contributed by atoms with Crippen LogP contribution >= 0.6 is 23.4 Å². The minimum atomic E-state index is -0.144. The summed E-state index contributed by atoms with van der Waals surface area (Å²) in [6.07, 6.45) is 2.37. The quantitative estimate of drug-likeness (QED) is 0.653. The SMILES string of the molecule is O=C(NCCSCCCO)c1cc(Cl)c[nH]1. The molecular formula is C10H15ClN2O2S. The Labute approximate surface area is 104 Å². The first-order valence-corrected chi connectivity index (χ1v) is 6.58. The Bertz CT molecular complexity index is 330. The lowest BCUT2D eigenvalue weighted by molar-refractivity contribution is 0.0952. The first-order valence-electron chi connectivity index (χ1n) is 5.04. The molecule has 1 heterocycles. The van der Waals surface area contributed by atoms with Crippen molar-refractivity contribution in [3.05, 3.63) is 23.0 Å². The zero-order valence-electron chi connectivity index (χ0n) is 8.83. The molecule has 0 saturated carbocycles. The van der Waals surface area contributed by atoms with Gasteiger partial charge in [0.15, 0.2) is 0 Å². The van der Waals surface area contributed by atoms with Crippen LogP contribution in [0.3, 0.4) is 0 Å². The number of nitrogens with one attached hydrogen (secondary N) is 2. The van der Waals surface area contributed by atoms with Gasteiger partial charge in [-0.15, -0.1) is 0 Å². The third kappa shape index (κ3) is 4.92. The van der Waals surface area contributed by atoms with E-state index in [-0.39, 0.29) is 12.5 Å². The molecule has 1 aromatic heterocycles. The number of hydrogen-bond acceptors (Lipinski definition) is 3. The molecule has 0 aliphatic carbocycles. The number of thioether (sulfide) groups is 1. The third-order valence-electron chi connectivity index (χ3n) is 1.87. The molecule has 3 N–H and O–H groups in total. The molecule has 0 saturated heterocycles. The molecule has 6 heteroatoms. The Balaban J connectivity index is 2.11. The van der Waals surface area contributed by atoms with E-state index in [1.165, 1.54) is 0 Å². The van der Waals surface area contributed by atoms with Gasteiger partial charge in [-0.25, -0.2) is 0 Å². The Kier molecular flexibility index (Phi) is 6.37. The fourth-order valence-electron chi connectivity index (χ4n) is 1.10. The maximum Gasteiger partial charge on any atom is 0.267 e. The van der Waals surface area contributed by atoms with E-state index in [1.54, 1.807) is 24.0 Å². The predicted octanol–water partition coefficient (Wildman–Crippen LogP) is 1.51. The summed E-state index contributed by atoms with van der Waals surface area (Å²) in [6, 6.07) is 1.59. The summed E-state index contributed by atoms with van der Waals surface area (Å²) in [5, 5.41) is 11.9. The molecule has 90 valence electrons. The second-order valence-electron chi connectivity index (χ2n) is 3.18. The molecule has 0 aliphatic heterocycles. The average Bonchev–Trinajstić information content (AvgIpc) is 2.70. The maximum absolute atomic E-state index is 11.5. The summed E-state index contributed by atoms with van der Waals surface area (Å²) in [7, 11) is 0. The van der Waals surface area contributed by atoms with Crippen molar-refractivity contribution in [2.75, 3.05) is 24.7 Å². The van der Waals surface area contributed by atoms with Gasteiger partial charge in [0.25, 0.3) is 5.91 Å². The summed E-state index contributed by atoms with van der Waals surface area (Å²) in [4.78, 5) is 14.3. The van der Waals surface area contributed by atoms with Crippen LogP contribution in [-0.2, 0) is 0 Å². The van der Waals surface area contributed by atoms with Crippen LogP contribution in [0, 0.1) is 0 Å². The van der Waals surface area contributed by atoms with E-state index in [0.29, 0.717) is 17.3 Å². The lowest BCUT2D eigenvalue weighted by Gasteiger charge is -2.03. The summed E-state index contributed by atoms with van der Waals surface area (Å²) < 4.78 is 0. The number of carbonyl (C=O) groups is 1. The highest BCUT2D eigenvalue weighted by molar-refractivity contribution is 7.99. The molecule has 0 aromatic carbocycles. The number of aromatic amines is 1. The van der Waals surface area contributed by atoms with Gasteiger partial charge < -0.3 is 15.4 Å². The van der Waals surface area contributed by atoms with Crippen LogP contribution in [0.4, 0.5) is 0 Å². The van der Waals surface area contributed by atoms with Crippen molar-refractivity contribution < 1.29 is 9.90 Å². The molecule has 0 unspecified atom stereocenters. The van der Waals surface area contributed by atoms with Crippen LogP contribution in [0.15, 0.2) is 12.3 Å². The molecule has 0 bridgehead atoms. The van der Waals surface area contributed by atoms with Crippen molar-refractivity contribution in [1.29, 1.82) is 0 Å². The van der Waals surface area contributed by atoms with Crippen molar-refractivity contribution in [2.45, 2.75) is 6.42 Å². The van der Waals surface area contributed by atoms with Crippen molar-refractivity contribution in [3.63, 3.8) is 0 Å². The Morgan fingerprint density at radius 2 is 2.38 bits per heavy atom. The number of H-pyrrole nitrogens is 1. The number of aromatic nitrogens is 1. The highest BCUT2D eigenvalue weighted by Crippen LogP contribution is 2.09. The second kappa shape index (κ2) is 7.60. The molecule has 16 heavy (non-hydrogen) atoms. The molecule has 0 atom stereocenters. The smallest absolute Gasteiger partial charge is 0.267 e. The van der Waals surface area contributed by atoms with Crippen molar-refractivity contribution in [1.82, 2.24) is 10.3 Å². The van der Waals surface area contributed by atoms with Crippen LogP contribution in [-0.4, -0.2) is 40.7 Å². The number of hydrogen-bond donors (Lipinski definition) is 3. The van der Waals surface area contributed by atoms with Crippen LogP contribution in [0.5, 0.6) is 0 Å². The van der Waals surface area contributed by atoms with Crippen LogP contribution in [0.25, 0.3) is 0 Å². The summed E-state index contributed by atoms with van der Waals surface area (Å²) in [6.45, 7) is 0.839. The highest BCUT2D eigenvalue weighted by Gasteiger charge is 2.06. The van der Waals surface area contributed by atoms with Gasteiger partial charge in [0, 0.05) is 25.1 Å². The molecule has 1 aromatic rings. The highest BCUT2D eigenvalue weighted by atomic mass is 35.5. The molecule has 0 fully saturated rings. The van der Waals surface area contributed by atoms with Crippen molar-refractivity contribution >= 4 is 29.3 Å². The zero-order chi connectivity index (χ0) is 11.8. The molecular weight excluding hydrogens is 248 g/mol. The maximum atomic E-state index is 11.5. The summed E-state index contributed by atoms with van der Waals surface area (Å²) >= 11 is 7.39. The number of carbonyl (C=O) groups excluding carboxylic acids is 1. The standard InChI is InChI=1S/C10H15ClN2O2S/c11-8-6-9(13-7-8)10(15)12-2-5-16-4-1-3-14/h6-7,13-14H,1-5H2,(H,12,15). The fraction of sp³-hybridized carbons (Fsp3) is 0.500. The van der Waals surface area contributed by atoms with E-state index in [2.05, 4.69) is 10.3 Å². The number of amides is 1. The summed E-state index contributed by atoms with van der Waals surface area (Å²) in [5.74, 6) is 1.62. The number of aliphatic hydroxyl groups excluding tert-OH is 1. The van der Waals surface area contributed by atoms with Gasteiger partial charge in [0.05, 0.1) is 5.02 Å². The van der Waals surface area contributed by atoms with E-state index < -0.39 is 0 Å². The predicted molar refractivity (Wildman–Crippen MR) is 67.2 cm³/mol. The largest absolute Gasteiger partial charge is 0.396 e. The van der Waals surface area contributed by atoms with Gasteiger partial charge in [-0.3, -0.25) is 4.79 Å². The van der Waals surface area contributed by atoms with Gasteiger partial charge >= 0.3 is 0 Å². The Morgan fingerprint density at radius 3 is 3.00 bits per heavy atom. The van der Waals surface area contributed by atoms with E-state index in [4.69, 9.17) is 16.7 Å². The normalized spacial score (nSPS) is 10.4. The lowest BCUT2D eigenvalue weighted by Crippen LogP contribution is -2.26. The molecule has 0 spiro atoms. The first kappa shape index (κ1) is 13.4. The van der Waals surface area contributed by atoms with Crippen LogP contribution in [0.1, 0.15) is 16.9 Å². The molecule has 0 radical (unpaired) electrons. The Hall–Kier alpha value is -0.650. The van der Waals surface area contributed by atoms with Crippen molar-refractivity contribution in [2.24, 2.45) is 0 Å². The first-order chi connectivity index (χ1) is 7.74. The number of halogens is 1. The van der Waals surface area contributed by atoms with E-state index in [9.17, 15) is 4.79 Å². The molecule has 1 rings (SSSR count). The lowest BCUT2D eigenvalue weighted by atomic mass is 10.4. The average molecular weight is 263 g/mol. The van der Waals surface area contributed by atoms with Gasteiger partial charge in [-0.05, 0) is 18.2 Å². The van der Waals surface area contributed by atoms with E-state index in [0.717, 1.165) is 17.9 Å². The van der Waals surface area contributed by atoms with Gasteiger partial charge in [-0.1, -0.05) is 11.6 Å². The van der Waals surface area contributed by atoms with Gasteiger partial charge in [0.2, 0.25) is 0 Å². The fourth-order valence-corrected chi connectivity index (χ4v) is 2.05. The van der Waals surface area contributed by atoms with Gasteiger partial charge in [-0.2, -0.15) is 11.8 Å². The van der Waals surface area contributed by atoms with E-state index in [1.807, 2.05) is 0 Å². The number of aliphatic hydroxyl groups is 1. The second-order valence-corrected chi connectivity index (χ2v) is 4.84. The van der Waals surface area contributed by atoms with Gasteiger partial charge in [0.1, 0.15) is 5.69 Å². The number of rotatable bonds is 7. The van der Waals surface area contributed by atoms with Crippen LogP contribution in [0.2, 0.25) is 5.02 Å². The summed E-state index contributed by atoms with van der Waals surface area (Å²) in [5.41, 5.74) is 0.477.